The molecule has 10 heteroatoms. The Kier molecular flexibility index (Phi) is 9.31. The molecule has 2 fully saturated rings. The minimum atomic E-state index is -2.67. The number of nitrogens with one attached hydrogen (secondary N) is 1. The number of nitrogens with two attached hydrogens (primary N) is 1. The number of carbonyl (C=O) groups is 3. The first-order valence-corrected chi connectivity index (χ1v) is 13.2. The molecule has 2 amide bonds. The maximum absolute atomic E-state index is 13.4. The van der Waals surface area contributed by atoms with Crippen LogP contribution >= 0.6 is 7.29 Å². The van der Waals surface area contributed by atoms with E-state index in [9.17, 15) is 24.1 Å². The van der Waals surface area contributed by atoms with E-state index < -0.39 is 31.4 Å². The standard InChI is InChI=1S/C20H37N4O5P/c1-3-30(29,4-2)22-15(9-5-6-12-21)18(25)23-13-7-10-16(23)19(26)24-14-8-11-17(24)20(27)28/h15-17H,3-14,21H2,1-2H3,(H,22,29)(H,27,28)/t15-,16-,17-/m0/s1. The molecule has 0 spiro atoms. The molecular formula is C20H37N4O5P. The average molecular weight is 445 g/mol. The van der Waals surface area contributed by atoms with E-state index in [1.54, 1.807) is 4.90 Å². The van der Waals surface area contributed by atoms with Gasteiger partial charge < -0.3 is 25.2 Å². The number of unbranched alkanes of at least 4 members (excludes halogenated alkanes) is 1. The number of carboxylic acids is 1. The molecule has 0 unspecified atom stereocenters. The fourth-order valence-corrected chi connectivity index (χ4v) is 6.01. The van der Waals surface area contributed by atoms with Crippen LogP contribution in [0.4, 0.5) is 0 Å². The number of aliphatic carboxylic acids is 1. The minimum Gasteiger partial charge on any atom is -0.480 e. The van der Waals surface area contributed by atoms with E-state index in [0.29, 0.717) is 64.1 Å². The van der Waals surface area contributed by atoms with Crippen LogP contribution < -0.4 is 10.8 Å². The number of nitrogens with zero attached hydrogens (tertiary/aromatic N) is 2. The third-order valence-electron chi connectivity index (χ3n) is 6.30. The molecule has 0 radical (unpaired) electrons. The molecule has 2 aliphatic heterocycles. The molecule has 9 nitrogen and oxygen atoms in total. The number of rotatable bonds is 11. The van der Waals surface area contributed by atoms with Gasteiger partial charge in [0.1, 0.15) is 19.4 Å². The summed E-state index contributed by atoms with van der Waals surface area (Å²) in [5.41, 5.74) is 5.59. The van der Waals surface area contributed by atoms with Gasteiger partial charge in [0.15, 0.2) is 0 Å². The highest BCUT2D eigenvalue weighted by Crippen LogP contribution is 2.41. The van der Waals surface area contributed by atoms with Gasteiger partial charge in [-0.25, -0.2) is 4.79 Å². The highest BCUT2D eigenvalue weighted by Gasteiger charge is 2.43. The maximum atomic E-state index is 13.4. The van der Waals surface area contributed by atoms with Crippen molar-refractivity contribution in [2.75, 3.05) is 32.0 Å². The first kappa shape index (κ1) is 24.8. The summed E-state index contributed by atoms with van der Waals surface area (Å²) >= 11 is 0. The van der Waals surface area contributed by atoms with E-state index in [-0.39, 0.29) is 11.8 Å². The van der Waals surface area contributed by atoms with Crippen molar-refractivity contribution in [3.8, 4) is 0 Å². The SMILES string of the molecule is CCP(=O)(CC)N[C@@H](CCCCN)C(=O)N1CCC[C@H]1C(=O)N1CCC[C@H]1C(=O)O. The number of hydrogen-bond donors (Lipinski definition) is 3. The second-order valence-electron chi connectivity index (χ2n) is 8.21. The summed E-state index contributed by atoms with van der Waals surface area (Å²) in [6, 6.07) is -2.07. The van der Waals surface area contributed by atoms with Gasteiger partial charge in [0.2, 0.25) is 11.8 Å². The highest BCUT2D eigenvalue weighted by atomic mass is 31.2. The van der Waals surface area contributed by atoms with Gasteiger partial charge in [0.05, 0.1) is 6.04 Å². The lowest BCUT2D eigenvalue weighted by Gasteiger charge is -2.33. The van der Waals surface area contributed by atoms with Gasteiger partial charge in [0, 0.05) is 25.4 Å². The van der Waals surface area contributed by atoms with Crippen LogP contribution in [0, 0.1) is 0 Å². The average Bonchev–Trinajstić information content (AvgIpc) is 3.41. The molecule has 0 aromatic rings. The van der Waals surface area contributed by atoms with Crippen LogP contribution in [0.15, 0.2) is 0 Å². The van der Waals surface area contributed by atoms with Crippen LogP contribution in [-0.4, -0.2) is 82.8 Å². The Morgan fingerprint density at radius 1 is 1.07 bits per heavy atom. The highest BCUT2D eigenvalue weighted by molar-refractivity contribution is 7.61. The van der Waals surface area contributed by atoms with Crippen molar-refractivity contribution in [1.29, 1.82) is 0 Å². The minimum absolute atomic E-state index is 0.212. The summed E-state index contributed by atoms with van der Waals surface area (Å²) < 4.78 is 13.0. The number of carbonyl (C=O) groups excluding carboxylic acids is 2. The van der Waals surface area contributed by atoms with Crippen molar-refractivity contribution in [2.45, 2.75) is 76.9 Å². The molecule has 2 saturated heterocycles. The summed E-state index contributed by atoms with van der Waals surface area (Å²) in [6.07, 6.45) is 5.26. The zero-order valence-electron chi connectivity index (χ0n) is 18.2. The van der Waals surface area contributed by atoms with Crippen molar-refractivity contribution >= 4 is 25.1 Å². The summed E-state index contributed by atoms with van der Waals surface area (Å²) in [6.45, 7) is 5.09. The molecule has 0 aliphatic carbocycles. The van der Waals surface area contributed by atoms with Gasteiger partial charge in [-0.05, 0) is 45.1 Å². The lowest BCUT2D eigenvalue weighted by molar-refractivity contribution is -0.152. The predicted octanol–water partition coefficient (Wildman–Crippen LogP) is 1.46. The van der Waals surface area contributed by atoms with Crippen LogP contribution in [0.25, 0.3) is 0 Å². The molecular weight excluding hydrogens is 407 g/mol. The Hall–Kier alpha value is -1.44. The molecule has 2 heterocycles. The normalized spacial score (nSPS) is 23.0. The van der Waals surface area contributed by atoms with E-state index in [0.717, 1.165) is 12.8 Å². The Morgan fingerprint density at radius 2 is 1.67 bits per heavy atom. The number of carboxylic acid groups (broad SMARTS) is 1. The quantitative estimate of drug-likeness (QED) is 0.324. The second-order valence-corrected chi connectivity index (χ2v) is 11.5. The molecule has 0 saturated carbocycles. The first-order chi connectivity index (χ1) is 14.3. The Balaban J connectivity index is 2.17. The van der Waals surface area contributed by atoms with Gasteiger partial charge >= 0.3 is 5.97 Å². The summed E-state index contributed by atoms with van der Waals surface area (Å²) in [4.78, 5) is 41.0. The van der Waals surface area contributed by atoms with Gasteiger partial charge in [-0.3, -0.25) is 14.7 Å². The Morgan fingerprint density at radius 3 is 2.23 bits per heavy atom. The zero-order chi connectivity index (χ0) is 22.3. The zero-order valence-corrected chi connectivity index (χ0v) is 19.1. The molecule has 4 N–H and O–H groups in total. The molecule has 0 bridgehead atoms. The van der Waals surface area contributed by atoms with E-state index in [1.807, 2.05) is 13.8 Å². The third kappa shape index (κ3) is 5.83. The van der Waals surface area contributed by atoms with Crippen molar-refractivity contribution in [3.05, 3.63) is 0 Å². The van der Waals surface area contributed by atoms with E-state index in [1.165, 1.54) is 4.90 Å². The smallest absolute Gasteiger partial charge is 0.326 e. The number of likely N-dealkylation sites (tertiary alicyclic amines) is 2. The van der Waals surface area contributed by atoms with Crippen molar-refractivity contribution < 1.29 is 24.1 Å². The monoisotopic (exact) mass is 444 g/mol. The van der Waals surface area contributed by atoms with Crippen molar-refractivity contribution in [3.63, 3.8) is 0 Å². The van der Waals surface area contributed by atoms with Crippen molar-refractivity contribution in [1.82, 2.24) is 14.9 Å². The molecule has 30 heavy (non-hydrogen) atoms. The van der Waals surface area contributed by atoms with Gasteiger partial charge in [-0.15, -0.1) is 0 Å². The van der Waals surface area contributed by atoms with Crippen LogP contribution in [0.5, 0.6) is 0 Å². The molecule has 172 valence electrons. The van der Waals surface area contributed by atoms with E-state index in [4.69, 9.17) is 5.73 Å². The largest absolute Gasteiger partial charge is 0.480 e. The lowest BCUT2D eigenvalue weighted by atomic mass is 10.1. The molecule has 3 atom stereocenters. The van der Waals surface area contributed by atoms with Gasteiger partial charge in [-0.1, -0.05) is 20.3 Å². The maximum Gasteiger partial charge on any atom is 0.326 e. The summed E-state index contributed by atoms with van der Waals surface area (Å²) in [5.74, 6) is -1.48. The molecule has 2 aliphatic rings. The van der Waals surface area contributed by atoms with Crippen LogP contribution in [0.1, 0.15) is 58.8 Å². The predicted molar refractivity (Wildman–Crippen MR) is 116 cm³/mol. The number of amides is 2. The van der Waals surface area contributed by atoms with Crippen LogP contribution in [0.2, 0.25) is 0 Å². The topological polar surface area (TPSA) is 133 Å². The van der Waals surface area contributed by atoms with E-state index >= 15 is 0 Å². The number of hydrogen-bond acceptors (Lipinski definition) is 5. The van der Waals surface area contributed by atoms with Gasteiger partial charge in [-0.2, -0.15) is 0 Å². The van der Waals surface area contributed by atoms with Crippen molar-refractivity contribution in [2.24, 2.45) is 5.73 Å². The molecule has 2 rings (SSSR count). The summed E-state index contributed by atoms with van der Waals surface area (Å²) in [7, 11) is -2.67. The first-order valence-electron chi connectivity index (χ1n) is 11.2. The molecule has 0 aromatic heterocycles. The fourth-order valence-electron chi connectivity index (χ4n) is 4.39. The lowest BCUT2D eigenvalue weighted by Crippen LogP contribution is -2.54. The fraction of sp³-hybridized carbons (Fsp3) is 0.850. The second kappa shape index (κ2) is 11.3. The van der Waals surface area contributed by atoms with Crippen LogP contribution in [-0.2, 0) is 18.9 Å². The Labute approximate surface area is 179 Å². The summed E-state index contributed by atoms with van der Waals surface area (Å²) in [5, 5.41) is 12.5. The molecule has 0 aromatic carbocycles. The van der Waals surface area contributed by atoms with E-state index in [2.05, 4.69) is 5.09 Å². The Bertz CT molecular complexity index is 666. The van der Waals surface area contributed by atoms with Crippen LogP contribution in [0.3, 0.4) is 0 Å². The third-order valence-corrected chi connectivity index (χ3v) is 9.13. The van der Waals surface area contributed by atoms with Gasteiger partial charge in [0.25, 0.3) is 0 Å².